The molecule has 3 nitrogen and oxygen atoms in total. The number of benzene rings is 1. The van der Waals surface area contributed by atoms with Gasteiger partial charge in [-0.3, -0.25) is 0 Å². The van der Waals surface area contributed by atoms with E-state index in [1.165, 1.54) is 4.21 Å². The number of nitrogens with one attached hydrogen (secondary N) is 1. The lowest BCUT2D eigenvalue weighted by Crippen LogP contribution is -2.11. The van der Waals surface area contributed by atoms with Gasteiger partial charge < -0.3 is 10.4 Å². The maximum absolute atomic E-state index is 10.0. The van der Waals surface area contributed by atoms with Crippen LogP contribution in [0.2, 0.25) is 0 Å². The third-order valence-corrected chi connectivity index (χ3v) is 5.40. The molecule has 0 aliphatic carbocycles. The van der Waals surface area contributed by atoms with Gasteiger partial charge in [0.15, 0.2) is 5.13 Å². The number of thioether (sulfide) groups is 1. The van der Waals surface area contributed by atoms with Crippen LogP contribution < -0.4 is 5.32 Å². The van der Waals surface area contributed by atoms with Crippen molar-refractivity contribution in [2.24, 2.45) is 0 Å². The van der Waals surface area contributed by atoms with Crippen molar-refractivity contribution < 1.29 is 5.11 Å². The highest BCUT2D eigenvalue weighted by Crippen LogP contribution is 2.36. The van der Waals surface area contributed by atoms with Crippen molar-refractivity contribution >= 4 is 33.9 Å². The molecule has 1 aromatic carbocycles. The van der Waals surface area contributed by atoms with Crippen LogP contribution in [0.15, 0.2) is 22.4 Å². The van der Waals surface area contributed by atoms with E-state index in [2.05, 4.69) is 38.0 Å². The van der Waals surface area contributed by atoms with E-state index >= 15 is 0 Å². The lowest BCUT2D eigenvalue weighted by Gasteiger charge is -2.21. The average Bonchev–Trinajstić information content (AvgIpc) is 2.71. The van der Waals surface area contributed by atoms with Crippen molar-refractivity contribution in [2.45, 2.75) is 44.2 Å². The van der Waals surface area contributed by atoms with Gasteiger partial charge in [0.05, 0.1) is 9.90 Å². The Kier molecular flexibility index (Phi) is 4.84. The third-order valence-electron chi connectivity index (χ3n) is 3.09. The van der Waals surface area contributed by atoms with E-state index in [0.717, 1.165) is 27.8 Å². The first kappa shape index (κ1) is 16.2. The van der Waals surface area contributed by atoms with Gasteiger partial charge in [-0.1, -0.05) is 39.0 Å². The van der Waals surface area contributed by atoms with Crippen LogP contribution in [0.1, 0.15) is 39.0 Å². The van der Waals surface area contributed by atoms with Crippen molar-refractivity contribution in [3.05, 3.63) is 29.5 Å². The molecule has 0 radical (unpaired) electrons. The molecular formula is C16H22N2OS2. The first-order valence-electron chi connectivity index (χ1n) is 7.02. The van der Waals surface area contributed by atoms with Crippen molar-refractivity contribution in [1.82, 2.24) is 4.98 Å². The minimum Gasteiger partial charge on any atom is -0.508 e. The molecule has 1 aromatic heterocycles. The van der Waals surface area contributed by atoms with Crippen LogP contribution >= 0.6 is 23.1 Å². The lowest BCUT2D eigenvalue weighted by atomic mass is 9.86. The van der Waals surface area contributed by atoms with E-state index in [4.69, 9.17) is 0 Å². The maximum atomic E-state index is 10.0. The number of phenolic OH excluding ortho intramolecular Hbond substituents is 1. The van der Waals surface area contributed by atoms with Gasteiger partial charge in [0.25, 0.3) is 0 Å². The van der Waals surface area contributed by atoms with Crippen LogP contribution in [0.4, 0.5) is 10.8 Å². The number of nitrogens with zero attached hydrogens (tertiary/aromatic N) is 1. The van der Waals surface area contributed by atoms with Gasteiger partial charge in [-0.2, -0.15) is 0 Å². The van der Waals surface area contributed by atoms with Gasteiger partial charge in [-0.05, 0) is 36.3 Å². The zero-order valence-electron chi connectivity index (χ0n) is 13.2. The van der Waals surface area contributed by atoms with E-state index in [1.54, 1.807) is 17.4 Å². The van der Waals surface area contributed by atoms with Crippen LogP contribution in [0.25, 0.3) is 0 Å². The zero-order chi connectivity index (χ0) is 15.6. The zero-order valence-corrected chi connectivity index (χ0v) is 14.8. The molecular weight excluding hydrogens is 300 g/mol. The monoisotopic (exact) mass is 322 g/mol. The van der Waals surface area contributed by atoms with E-state index in [1.807, 2.05) is 30.8 Å². The first-order valence-corrected chi connectivity index (χ1v) is 8.82. The van der Waals surface area contributed by atoms with Gasteiger partial charge in [0.2, 0.25) is 0 Å². The largest absolute Gasteiger partial charge is 0.508 e. The van der Waals surface area contributed by atoms with Crippen LogP contribution in [0, 0.1) is 6.92 Å². The molecule has 0 bridgehead atoms. The summed E-state index contributed by atoms with van der Waals surface area (Å²) in [7, 11) is 0. The van der Waals surface area contributed by atoms with Crippen molar-refractivity contribution in [3.63, 3.8) is 0 Å². The Hall–Kier alpha value is -1.20. The number of hydrogen-bond acceptors (Lipinski definition) is 5. The summed E-state index contributed by atoms with van der Waals surface area (Å²) in [6.45, 7) is 10.5. The lowest BCUT2D eigenvalue weighted by molar-refractivity contribution is 0.447. The number of phenols is 1. The Morgan fingerprint density at radius 3 is 2.67 bits per heavy atom. The van der Waals surface area contributed by atoms with Crippen LogP contribution in [-0.2, 0) is 5.41 Å². The number of rotatable bonds is 4. The number of aromatic nitrogens is 1. The van der Waals surface area contributed by atoms with Crippen LogP contribution in [0.5, 0.6) is 5.75 Å². The molecule has 0 amide bonds. The van der Waals surface area contributed by atoms with Crippen molar-refractivity contribution in [3.8, 4) is 5.75 Å². The predicted molar refractivity (Wildman–Crippen MR) is 93.3 cm³/mol. The highest BCUT2D eigenvalue weighted by molar-refractivity contribution is 8.01. The highest BCUT2D eigenvalue weighted by Gasteiger charge is 2.18. The Balaban J connectivity index is 2.26. The van der Waals surface area contributed by atoms with Gasteiger partial charge in [0, 0.05) is 11.3 Å². The average molecular weight is 322 g/mol. The summed E-state index contributed by atoms with van der Waals surface area (Å²) in [5.41, 5.74) is 2.87. The van der Waals surface area contributed by atoms with Gasteiger partial charge in [-0.25, -0.2) is 4.98 Å². The summed E-state index contributed by atoms with van der Waals surface area (Å²) in [6, 6.07) is 5.62. The molecule has 0 spiro atoms. The quantitative estimate of drug-likeness (QED) is 0.591. The van der Waals surface area contributed by atoms with Crippen LogP contribution in [-0.4, -0.2) is 15.8 Å². The Labute approximate surface area is 134 Å². The minimum atomic E-state index is -0.0935. The summed E-state index contributed by atoms with van der Waals surface area (Å²) in [5, 5.41) is 14.3. The standard InChI is InChI=1S/C16H22N2OS2/c1-6-20-14-10(2)17-15(21-14)18-11-7-8-13(19)12(9-11)16(3,4)5/h7-9,19H,6H2,1-5H3,(H,17,18). The van der Waals surface area contributed by atoms with Gasteiger partial charge in [0.1, 0.15) is 5.75 Å². The van der Waals surface area contributed by atoms with E-state index in [9.17, 15) is 5.11 Å². The second kappa shape index (κ2) is 6.28. The summed E-state index contributed by atoms with van der Waals surface area (Å²) in [5.74, 6) is 1.39. The number of aryl methyl sites for hydroxylation is 1. The van der Waals surface area contributed by atoms with Gasteiger partial charge >= 0.3 is 0 Å². The second-order valence-electron chi connectivity index (χ2n) is 5.93. The number of thiazole rings is 1. The molecule has 0 fully saturated rings. The molecule has 0 saturated carbocycles. The van der Waals surface area contributed by atoms with Gasteiger partial charge in [-0.15, -0.1) is 11.8 Å². The molecule has 2 aromatic rings. The molecule has 21 heavy (non-hydrogen) atoms. The SMILES string of the molecule is CCSc1sc(Nc2ccc(O)c(C(C)(C)C)c2)nc1C. The third kappa shape index (κ3) is 3.92. The fourth-order valence-corrected chi connectivity index (χ4v) is 4.10. The highest BCUT2D eigenvalue weighted by atomic mass is 32.2. The Bertz CT molecular complexity index is 630. The molecule has 1 heterocycles. The molecule has 0 aliphatic heterocycles. The van der Waals surface area contributed by atoms with Crippen molar-refractivity contribution in [2.75, 3.05) is 11.1 Å². The number of anilines is 2. The summed E-state index contributed by atoms with van der Waals surface area (Å²) >= 11 is 3.49. The molecule has 0 atom stereocenters. The maximum Gasteiger partial charge on any atom is 0.188 e. The molecule has 0 unspecified atom stereocenters. The number of aromatic hydroxyl groups is 1. The minimum absolute atomic E-state index is 0.0935. The summed E-state index contributed by atoms with van der Waals surface area (Å²) in [4.78, 5) is 4.56. The molecule has 0 aliphatic rings. The smallest absolute Gasteiger partial charge is 0.188 e. The Morgan fingerprint density at radius 2 is 2.05 bits per heavy atom. The van der Waals surface area contributed by atoms with Crippen molar-refractivity contribution in [1.29, 1.82) is 0 Å². The Morgan fingerprint density at radius 1 is 1.33 bits per heavy atom. The molecule has 2 N–H and O–H groups in total. The number of hydrogen-bond donors (Lipinski definition) is 2. The molecule has 2 rings (SSSR count). The summed E-state index contributed by atoms with van der Waals surface area (Å²) < 4.78 is 1.26. The van der Waals surface area contributed by atoms with E-state index in [-0.39, 0.29) is 5.41 Å². The normalized spacial score (nSPS) is 11.7. The molecule has 5 heteroatoms. The molecule has 0 saturated heterocycles. The second-order valence-corrected chi connectivity index (χ2v) is 8.46. The first-order chi connectivity index (χ1) is 9.81. The van der Waals surface area contributed by atoms with E-state index in [0.29, 0.717) is 5.75 Å². The summed E-state index contributed by atoms with van der Waals surface area (Å²) in [6.07, 6.45) is 0. The van der Waals surface area contributed by atoms with E-state index < -0.39 is 0 Å². The topological polar surface area (TPSA) is 45.1 Å². The molecule has 114 valence electrons. The predicted octanol–water partition coefficient (Wildman–Crippen LogP) is 5.31. The fraction of sp³-hybridized carbons (Fsp3) is 0.438. The fourth-order valence-electron chi connectivity index (χ4n) is 2.04. The van der Waals surface area contributed by atoms with Crippen LogP contribution in [0.3, 0.4) is 0 Å².